The third-order valence-corrected chi connectivity index (χ3v) is 7.82. The molecule has 0 heterocycles. The second-order valence-electron chi connectivity index (χ2n) is 9.54. The van der Waals surface area contributed by atoms with Crippen LogP contribution in [0.25, 0.3) is 0 Å². The van der Waals surface area contributed by atoms with Gasteiger partial charge in [0.15, 0.2) is 0 Å². The molecule has 0 aromatic rings. The van der Waals surface area contributed by atoms with Crippen molar-refractivity contribution >= 4 is 0 Å². The van der Waals surface area contributed by atoms with Crippen LogP contribution in [0.5, 0.6) is 0 Å². The Labute approximate surface area is 125 Å². The molecule has 5 aliphatic carbocycles. The summed E-state index contributed by atoms with van der Waals surface area (Å²) in [5.74, 6) is 9.31. The molecule has 0 aromatic heterocycles. The maximum absolute atomic E-state index is 1.65. The molecule has 0 bridgehead atoms. The average Bonchev–Trinajstić information content (AvgIpc) is 3.30. The molecule has 20 heavy (non-hydrogen) atoms. The van der Waals surface area contributed by atoms with Crippen LogP contribution in [0.2, 0.25) is 0 Å². The summed E-state index contributed by atoms with van der Waals surface area (Å²) in [7, 11) is 0. The number of fused-ring (bicyclic) bond motifs is 2. The highest BCUT2D eigenvalue weighted by Gasteiger charge is 2.47. The quantitative estimate of drug-likeness (QED) is 0.619. The van der Waals surface area contributed by atoms with Crippen LogP contribution < -0.4 is 0 Å². The predicted molar refractivity (Wildman–Crippen MR) is 83.3 cm³/mol. The Balaban J connectivity index is 1.18. The van der Waals surface area contributed by atoms with Gasteiger partial charge >= 0.3 is 0 Å². The van der Waals surface area contributed by atoms with Crippen molar-refractivity contribution in [3.8, 4) is 0 Å². The zero-order valence-electron chi connectivity index (χ0n) is 13.1. The van der Waals surface area contributed by atoms with E-state index in [1.807, 2.05) is 0 Å². The Bertz CT molecular complexity index is 308. The minimum atomic E-state index is 1.15. The number of rotatable bonds is 4. The maximum atomic E-state index is 1.65. The highest BCUT2D eigenvalue weighted by atomic mass is 14.5. The second kappa shape index (κ2) is 4.75. The number of hydrogen-bond acceptors (Lipinski definition) is 0. The monoisotopic (exact) mass is 272 g/mol. The van der Waals surface area contributed by atoms with Crippen molar-refractivity contribution < 1.29 is 0 Å². The molecule has 5 fully saturated rings. The van der Waals surface area contributed by atoms with Gasteiger partial charge in [-0.2, -0.15) is 0 Å². The van der Waals surface area contributed by atoms with Crippen LogP contribution in [-0.4, -0.2) is 0 Å². The lowest BCUT2D eigenvalue weighted by Crippen LogP contribution is -2.25. The molecule has 0 N–H and O–H groups in total. The summed E-state index contributed by atoms with van der Waals surface area (Å²) in [6.45, 7) is 0. The topological polar surface area (TPSA) is 0 Å². The Kier molecular flexibility index (Phi) is 2.98. The van der Waals surface area contributed by atoms with Crippen LogP contribution in [0.3, 0.4) is 0 Å². The summed E-state index contributed by atoms with van der Waals surface area (Å²) in [6, 6.07) is 0. The fourth-order valence-electron chi connectivity index (χ4n) is 6.64. The van der Waals surface area contributed by atoms with Crippen molar-refractivity contribution in [2.24, 2.45) is 47.3 Å². The third-order valence-electron chi connectivity index (χ3n) is 7.82. The summed E-state index contributed by atoms with van der Waals surface area (Å²) >= 11 is 0. The molecular weight excluding hydrogens is 240 g/mol. The summed E-state index contributed by atoms with van der Waals surface area (Å²) < 4.78 is 0. The molecule has 4 atom stereocenters. The van der Waals surface area contributed by atoms with Crippen molar-refractivity contribution in [1.82, 2.24) is 0 Å². The molecule has 0 spiro atoms. The zero-order valence-corrected chi connectivity index (χ0v) is 13.1. The summed E-state index contributed by atoms with van der Waals surface area (Å²) in [5.41, 5.74) is 0. The van der Waals surface area contributed by atoms with Gasteiger partial charge in [0, 0.05) is 0 Å². The van der Waals surface area contributed by atoms with E-state index in [4.69, 9.17) is 0 Å². The van der Waals surface area contributed by atoms with Gasteiger partial charge in [0.2, 0.25) is 0 Å². The molecule has 0 amide bonds. The van der Waals surface area contributed by atoms with Gasteiger partial charge in [-0.05, 0) is 98.7 Å². The first-order chi connectivity index (χ1) is 9.83. The van der Waals surface area contributed by atoms with Crippen molar-refractivity contribution in [2.45, 2.75) is 77.0 Å². The molecule has 0 radical (unpaired) electrons. The van der Waals surface area contributed by atoms with E-state index in [0.717, 1.165) is 11.8 Å². The smallest absolute Gasteiger partial charge is 0.0380 e. The molecule has 0 saturated heterocycles. The van der Waals surface area contributed by atoms with Gasteiger partial charge in [-0.25, -0.2) is 0 Å². The molecule has 0 aliphatic heterocycles. The predicted octanol–water partition coefficient (Wildman–Crippen LogP) is 5.67. The van der Waals surface area contributed by atoms with Gasteiger partial charge in [0.1, 0.15) is 0 Å². The van der Waals surface area contributed by atoms with Crippen LogP contribution in [0.1, 0.15) is 77.0 Å². The minimum absolute atomic E-state index is 1.15. The van der Waals surface area contributed by atoms with Crippen molar-refractivity contribution in [2.75, 3.05) is 0 Å². The van der Waals surface area contributed by atoms with E-state index in [-0.39, 0.29) is 0 Å². The third kappa shape index (κ3) is 2.46. The van der Waals surface area contributed by atoms with Gasteiger partial charge in [-0.3, -0.25) is 0 Å². The van der Waals surface area contributed by atoms with E-state index in [2.05, 4.69) is 0 Å². The zero-order chi connectivity index (χ0) is 13.1. The first-order valence-corrected chi connectivity index (χ1v) is 9.83. The molecule has 5 rings (SSSR count). The largest absolute Gasteiger partial charge is 0.0502 e. The maximum Gasteiger partial charge on any atom is -0.0380 e. The van der Waals surface area contributed by atoms with Crippen LogP contribution in [-0.2, 0) is 0 Å². The highest BCUT2D eigenvalue weighted by molar-refractivity contribution is 4.97. The second-order valence-corrected chi connectivity index (χ2v) is 9.54. The van der Waals surface area contributed by atoms with Gasteiger partial charge in [-0.15, -0.1) is 0 Å². The van der Waals surface area contributed by atoms with Crippen molar-refractivity contribution in [3.05, 3.63) is 0 Å². The lowest BCUT2D eigenvalue weighted by Gasteiger charge is -2.34. The van der Waals surface area contributed by atoms with Gasteiger partial charge in [-0.1, -0.05) is 25.7 Å². The fourth-order valence-corrected chi connectivity index (χ4v) is 6.64. The lowest BCUT2D eigenvalue weighted by atomic mass is 9.71. The number of hydrogen-bond donors (Lipinski definition) is 0. The van der Waals surface area contributed by atoms with Gasteiger partial charge in [0.25, 0.3) is 0 Å². The van der Waals surface area contributed by atoms with E-state index in [9.17, 15) is 0 Å². The van der Waals surface area contributed by atoms with Gasteiger partial charge in [0.05, 0.1) is 0 Å². The summed E-state index contributed by atoms with van der Waals surface area (Å²) in [4.78, 5) is 0. The van der Waals surface area contributed by atoms with E-state index >= 15 is 0 Å². The molecular formula is C20H32. The van der Waals surface area contributed by atoms with E-state index in [1.165, 1.54) is 35.5 Å². The summed E-state index contributed by atoms with van der Waals surface area (Å²) in [6.07, 6.45) is 19.4. The Morgan fingerprint density at radius 3 is 1.05 bits per heavy atom. The van der Waals surface area contributed by atoms with Crippen LogP contribution >= 0.6 is 0 Å². The Morgan fingerprint density at radius 2 is 0.750 bits per heavy atom. The molecule has 0 nitrogen and oxygen atoms in total. The molecule has 0 heteroatoms. The van der Waals surface area contributed by atoms with Crippen LogP contribution in [0.4, 0.5) is 0 Å². The van der Waals surface area contributed by atoms with Crippen LogP contribution in [0.15, 0.2) is 0 Å². The Hall–Kier alpha value is 0. The van der Waals surface area contributed by atoms with Gasteiger partial charge < -0.3 is 0 Å². The highest BCUT2D eigenvalue weighted by Crippen LogP contribution is 2.57. The first kappa shape index (κ1) is 12.5. The first-order valence-electron chi connectivity index (χ1n) is 9.83. The van der Waals surface area contributed by atoms with E-state index < -0.39 is 0 Å². The molecule has 112 valence electrons. The standard InChI is InChI=1S/C20H32/c1-2-13(1)5-15-7-17-11-19-9-16(6-14-3-4-14)10-20(19)12-18(17)8-15/h13-20H,1-12H2. The molecule has 5 saturated carbocycles. The fraction of sp³-hybridized carbons (Fsp3) is 1.00. The molecule has 4 unspecified atom stereocenters. The van der Waals surface area contributed by atoms with Crippen molar-refractivity contribution in [3.63, 3.8) is 0 Å². The van der Waals surface area contributed by atoms with E-state index in [1.54, 1.807) is 77.0 Å². The van der Waals surface area contributed by atoms with Crippen molar-refractivity contribution in [1.29, 1.82) is 0 Å². The molecule has 0 aromatic carbocycles. The summed E-state index contributed by atoms with van der Waals surface area (Å²) in [5, 5.41) is 0. The Morgan fingerprint density at radius 1 is 0.400 bits per heavy atom. The van der Waals surface area contributed by atoms with E-state index in [0.29, 0.717) is 0 Å². The SMILES string of the molecule is C1CC1CC1CC2CC3CC(CC4CC4)CC3CC2C1. The lowest BCUT2D eigenvalue weighted by molar-refractivity contribution is 0.157. The average molecular weight is 272 g/mol. The van der Waals surface area contributed by atoms with Crippen LogP contribution in [0, 0.1) is 47.3 Å². The minimum Gasteiger partial charge on any atom is -0.0502 e. The molecule has 5 aliphatic rings. The normalized spacial score (nSPS) is 51.0.